The summed E-state index contributed by atoms with van der Waals surface area (Å²) >= 11 is 0. The Labute approximate surface area is 206 Å². The predicted octanol–water partition coefficient (Wildman–Crippen LogP) is 4.59. The van der Waals surface area contributed by atoms with Crippen LogP contribution in [-0.2, 0) is 11.3 Å². The van der Waals surface area contributed by atoms with Crippen molar-refractivity contribution in [1.29, 1.82) is 0 Å². The number of aryl methyl sites for hydroxylation is 1. The summed E-state index contributed by atoms with van der Waals surface area (Å²) in [4.78, 5) is 51.7. The molecule has 0 spiro atoms. The van der Waals surface area contributed by atoms with E-state index in [-0.39, 0.29) is 11.3 Å². The molecule has 0 saturated carbocycles. The zero-order valence-electron chi connectivity index (χ0n) is 19.7. The van der Waals surface area contributed by atoms with Gasteiger partial charge in [-0.05, 0) is 68.4 Å². The molecule has 0 unspecified atom stereocenters. The number of nitrogens with zero attached hydrogens (tertiary/aromatic N) is 2. The van der Waals surface area contributed by atoms with Gasteiger partial charge in [-0.3, -0.25) is 14.4 Å². The van der Waals surface area contributed by atoms with Crippen molar-refractivity contribution in [3.63, 3.8) is 0 Å². The number of hydrogen-bond acceptors (Lipinski definition) is 6. The van der Waals surface area contributed by atoms with Crippen LogP contribution in [0, 0.1) is 13.8 Å². The van der Waals surface area contributed by atoms with E-state index in [2.05, 4.69) is 0 Å². The van der Waals surface area contributed by atoms with Gasteiger partial charge in [0.05, 0.1) is 35.2 Å². The maximum absolute atomic E-state index is 12.8. The summed E-state index contributed by atoms with van der Waals surface area (Å²) in [6.45, 7) is 3.82. The molecule has 1 aliphatic heterocycles. The Morgan fingerprint density at radius 2 is 1.56 bits per heavy atom. The van der Waals surface area contributed by atoms with Gasteiger partial charge in [-0.25, -0.2) is 9.69 Å². The molecule has 0 fully saturated rings. The first kappa shape index (κ1) is 23.0. The van der Waals surface area contributed by atoms with Crippen LogP contribution in [0.4, 0.5) is 5.69 Å². The SMILES string of the molecule is Cc1cc(C(=O)COC(=O)c2ccc(N3C(=O)c4ccccc4C3=O)cc2)c(C)n1Cc1ccco1. The van der Waals surface area contributed by atoms with Gasteiger partial charge in [0.25, 0.3) is 11.8 Å². The second-order valence-corrected chi connectivity index (χ2v) is 8.49. The molecule has 3 heterocycles. The van der Waals surface area contributed by atoms with Crippen molar-refractivity contribution in [3.8, 4) is 0 Å². The van der Waals surface area contributed by atoms with Gasteiger partial charge in [-0.1, -0.05) is 12.1 Å². The van der Waals surface area contributed by atoms with Crippen molar-refractivity contribution in [1.82, 2.24) is 4.57 Å². The minimum absolute atomic E-state index is 0.200. The Morgan fingerprint density at radius 1 is 0.889 bits per heavy atom. The smallest absolute Gasteiger partial charge is 0.338 e. The van der Waals surface area contributed by atoms with Gasteiger partial charge >= 0.3 is 5.97 Å². The number of carbonyl (C=O) groups is 4. The monoisotopic (exact) mass is 482 g/mol. The Balaban J connectivity index is 1.24. The highest BCUT2D eigenvalue weighted by molar-refractivity contribution is 6.34. The van der Waals surface area contributed by atoms with E-state index < -0.39 is 24.4 Å². The fourth-order valence-electron chi connectivity index (χ4n) is 4.35. The number of hydrogen-bond donors (Lipinski definition) is 0. The molecule has 1 aliphatic rings. The maximum Gasteiger partial charge on any atom is 0.338 e. The van der Waals surface area contributed by atoms with Gasteiger partial charge in [0.1, 0.15) is 5.76 Å². The van der Waals surface area contributed by atoms with Crippen LogP contribution in [0.25, 0.3) is 0 Å². The van der Waals surface area contributed by atoms with Crippen LogP contribution in [0.15, 0.2) is 77.4 Å². The Bertz CT molecular complexity index is 1460. The first-order valence-corrected chi connectivity index (χ1v) is 11.3. The Morgan fingerprint density at radius 3 is 2.17 bits per heavy atom. The molecule has 8 nitrogen and oxygen atoms in total. The number of benzene rings is 2. The molecule has 36 heavy (non-hydrogen) atoms. The maximum atomic E-state index is 12.8. The van der Waals surface area contributed by atoms with Crippen molar-refractivity contribution in [2.24, 2.45) is 0 Å². The fourth-order valence-corrected chi connectivity index (χ4v) is 4.35. The van der Waals surface area contributed by atoms with Crippen LogP contribution in [0.3, 0.4) is 0 Å². The minimum Gasteiger partial charge on any atom is -0.467 e. The van der Waals surface area contributed by atoms with Crippen molar-refractivity contribution >= 4 is 29.3 Å². The summed E-state index contributed by atoms with van der Waals surface area (Å²) in [6, 6.07) is 18.0. The van der Waals surface area contributed by atoms with Crippen molar-refractivity contribution in [3.05, 3.63) is 112 Å². The van der Waals surface area contributed by atoms with Crippen molar-refractivity contribution in [2.75, 3.05) is 11.5 Å². The Kier molecular flexibility index (Phi) is 5.85. The molecule has 180 valence electrons. The minimum atomic E-state index is -0.679. The molecular formula is C28H22N2O6. The number of amides is 2. The number of Topliss-reactive ketones (excluding diaryl/α,β-unsaturated/α-hetero) is 1. The summed E-state index contributed by atoms with van der Waals surface area (Å²) in [6.07, 6.45) is 1.60. The number of ketones is 1. The average Bonchev–Trinajstić information content (AvgIpc) is 3.57. The third-order valence-corrected chi connectivity index (χ3v) is 6.26. The van der Waals surface area contributed by atoms with Crippen molar-refractivity contribution in [2.45, 2.75) is 20.4 Å². The van der Waals surface area contributed by atoms with Gasteiger partial charge in [0.15, 0.2) is 6.61 Å². The highest BCUT2D eigenvalue weighted by Crippen LogP contribution is 2.28. The summed E-state index contributed by atoms with van der Waals surface area (Å²) in [7, 11) is 0. The molecule has 0 bridgehead atoms. The van der Waals surface area contributed by atoms with E-state index in [0.717, 1.165) is 22.0 Å². The first-order valence-electron chi connectivity index (χ1n) is 11.3. The third kappa shape index (κ3) is 4.02. The normalized spacial score (nSPS) is 12.7. The fraction of sp³-hybridized carbons (Fsp3) is 0.143. The molecule has 0 aliphatic carbocycles. The second kappa shape index (κ2) is 9.14. The van der Waals surface area contributed by atoms with Crippen LogP contribution in [0.2, 0.25) is 0 Å². The number of ether oxygens (including phenoxy) is 1. The molecule has 2 amide bonds. The number of fused-ring (bicyclic) bond motifs is 1. The summed E-state index contributed by atoms with van der Waals surface area (Å²) in [5.74, 6) is -1.05. The molecule has 4 aromatic rings. The van der Waals surface area contributed by atoms with Crippen LogP contribution in [0.1, 0.15) is 58.6 Å². The van der Waals surface area contributed by atoms with E-state index in [1.165, 1.54) is 24.3 Å². The predicted molar refractivity (Wildman–Crippen MR) is 130 cm³/mol. The quantitative estimate of drug-likeness (QED) is 0.217. The lowest BCUT2D eigenvalue weighted by molar-refractivity contribution is 0.0474. The van der Waals surface area contributed by atoms with E-state index in [1.807, 2.05) is 24.5 Å². The van der Waals surface area contributed by atoms with Crippen molar-refractivity contribution < 1.29 is 28.3 Å². The van der Waals surface area contributed by atoms with Gasteiger partial charge in [-0.15, -0.1) is 0 Å². The lowest BCUT2D eigenvalue weighted by Gasteiger charge is -2.14. The van der Waals surface area contributed by atoms with E-state index in [4.69, 9.17) is 9.15 Å². The second-order valence-electron chi connectivity index (χ2n) is 8.49. The molecule has 0 N–H and O–H groups in total. The molecule has 2 aromatic heterocycles. The molecule has 8 heteroatoms. The van der Waals surface area contributed by atoms with Gasteiger partial charge < -0.3 is 13.7 Å². The lowest BCUT2D eigenvalue weighted by Crippen LogP contribution is -2.29. The van der Waals surface area contributed by atoms with Crippen LogP contribution >= 0.6 is 0 Å². The van der Waals surface area contributed by atoms with E-state index in [0.29, 0.717) is 28.9 Å². The zero-order chi connectivity index (χ0) is 25.4. The van der Waals surface area contributed by atoms with E-state index in [1.54, 1.807) is 42.7 Å². The van der Waals surface area contributed by atoms with Gasteiger partial charge in [-0.2, -0.15) is 0 Å². The topological polar surface area (TPSA) is 98.8 Å². The Hall–Kier alpha value is -4.72. The number of esters is 1. The number of furan rings is 1. The molecular weight excluding hydrogens is 460 g/mol. The summed E-state index contributed by atoms with van der Waals surface area (Å²) in [5, 5.41) is 0. The van der Waals surface area contributed by atoms with Crippen LogP contribution in [0.5, 0.6) is 0 Å². The largest absolute Gasteiger partial charge is 0.467 e. The zero-order valence-corrected chi connectivity index (χ0v) is 19.7. The third-order valence-electron chi connectivity index (χ3n) is 6.26. The molecule has 5 rings (SSSR count). The first-order chi connectivity index (χ1) is 17.3. The number of carbonyl (C=O) groups excluding carboxylic acids is 4. The van der Waals surface area contributed by atoms with Crippen LogP contribution in [-0.4, -0.2) is 34.7 Å². The number of anilines is 1. The highest BCUT2D eigenvalue weighted by Gasteiger charge is 2.36. The molecule has 2 aromatic carbocycles. The molecule has 0 radical (unpaired) electrons. The summed E-state index contributed by atoms with van der Waals surface area (Å²) in [5.41, 5.74) is 3.36. The average molecular weight is 482 g/mol. The van der Waals surface area contributed by atoms with E-state index in [9.17, 15) is 19.2 Å². The standard InChI is InChI=1S/C28H22N2O6/c1-17-14-24(18(2)29(17)15-21-6-5-13-35-21)25(31)16-36-28(34)19-9-11-20(12-10-19)30-26(32)22-7-3-4-8-23(22)27(30)33/h3-14H,15-16H2,1-2H3. The van der Waals surface area contributed by atoms with Crippen LogP contribution < -0.4 is 4.90 Å². The number of imide groups is 1. The van der Waals surface area contributed by atoms with E-state index >= 15 is 0 Å². The molecule has 0 atom stereocenters. The summed E-state index contributed by atoms with van der Waals surface area (Å²) < 4.78 is 12.6. The van der Waals surface area contributed by atoms with Gasteiger partial charge in [0, 0.05) is 17.0 Å². The van der Waals surface area contributed by atoms with Gasteiger partial charge in [0.2, 0.25) is 5.78 Å². The highest BCUT2D eigenvalue weighted by atomic mass is 16.5. The number of rotatable bonds is 7. The lowest BCUT2D eigenvalue weighted by atomic mass is 10.1. The molecule has 0 saturated heterocycles. The number of aromatic nitrogens is 1.